The maximum atomic E-state index is 12.9. The van der Waals surface area contributed by atoms with Gasteiger partial charge < -0.3 is 0 Å². The van der Waals surface area contributed by atoms with Crippen molar-refractivity contribution >= 4 is 16.6 Å². The molecule has 1 heterocycles. The molecular formula is C19H21NO. The topological polar surface area (TPSA) is 30.0 Å². The van der Waals surface area contributed by atoms with Gasteiger partial charge in [0.1, 0.15) is 0 Å². The minimum absolute atomic E-state index is 0.0270. The summed E-state index contributed by atoms with van der Waals surface area (Å²) in [7, 11) is 0. The van der Waals surface area contributed by atoms with Crippen LogP contribution in [-0.4, -0.2) is 10.8 Å². The van der Waals surface area contributed by atoms with Crippen molar-refractivity contribution in [1.29, 1.82) is 0 Å². The molecule has 2 nitrogen and oxygen atoms in total. The number of allylic oxidation sites excluding steroid dienone is 2. The molecule has 0 radical (unpaired) electrons. The first-order valence-electron chi connectivity index (χ1n) is 7.67. The highest BCUT2D eigenvalue weighted by Crippen LogP contribution is 2.37. The normalized spacial score (nSPS) is 18.1. The Bertz CT molecular complexity index is 712. The number of aromatic nitrogens is 1. The van der Waals surface area contributed by atoms with Crippen LogP contribution < -0.4 is 0 Å². The summed E-state index contributed by atoms with van der Waals surface area (Å²) in [6.07, 6.45) is 10.2. The number of Topliss-reactive ketones (excluding diaryl/α,β-unsaturated/α-hetero) is 1. The Kier molecular flexibility index (Phi) is 3.62. The number of rotatable bonds is 2. The highest BCUT2D eigenvalue weighted by Gasteiger charge is 2.29. The van der Waals surface area contributed by atoms with E-state index in [1.54, 1.807) is 6.20 Å². The summed E-state index contributed by atoms with van der Waals surface area (Å²) in [4.78, 5) is 17.0. The minimum atomic E-state index is -0.0270. The first-order valence-corrected chi connectivity index (χ1v) is 7.67. The van der Waals surface area contributed by atoms with Crippen molar-refractivity contribution < 1.29 is 4.79 Å². The fourth-order valence-electron chi connectivity index (χ4n) is 3.15. The van der Waals surface area contributed by atoms with E-state index >= 15 is 0 Å². The molecule has 2 heteroatoms. The Morgan fingerprint density at radius 3 is 2.86 bits per heavy atom. The van der Waals surface area contributed by atoms with Gasteiger partial charge in [-0.1, -0.05) is 38.5 Å². The van der Waals surface area contributed by atoms with Gasteiger partial charge in [-0.25, -0.2) is 0 Å². The molecule has 0 bridgehead atoms. The second-order valence-electron chi connectivity index (χ2n) is 6.51. The summed E-state index contributed by atoms with van der Waals surface area (Å²) in [5.74, 6) is 0.181. The fraction of sp³-hybridized carbons (Fsp3) is 0.368. The summed E-state index contributed by atoms with van der Waals surface area (Å²) in [5.41, 5.74) is 1.74. The van der Waals surface area contributed by atoms with Crippen LogP contribution in [0, 0.1) is 5.41 Å². The van der Waals surface area contributed by atoms with Gasteiger partial charge in [0.05, 0.1) is 0 Å². The Balaban J connectivity index is 2.01. The molecule has 0 fully saturated rings. The third-order valence-corrected chi connectivity index (χ3v) is 4.48. The van der Waals surface area contributed by atoms with E-state index in [1.807, 2.05) is 30.5 Å². The highest BCUT2D eigenvalue weighted by molar-refractivity contribution is 6.11. The molecule has 0 unspecified atom stereocenters. The van der Waals surface area contributed by atoms with Crippen LogP contribution in [-0.2, 0) is 0 Å². The first-order chi connectivity index (χ1) is 10.1. The molecular weight excluding hydrogens is 258 g/mol. The van der Waals surface area contributed by atoms with Crippen LogP contribution in [0.4, 0.5) is 0 Å². The van der Waals surface area contributed by atoms with Crippen LogP contribution in [0.5, 0.6) is 0 Å². The van der Waals surface area contributed by atoms with E-state index in [0.29, 0.717) is 0 Å². The number of hydrogen-bond donors (Lipinski definition) is 0. The van der Waals surface area contributed by atoms with Gasteiger partial charge in [0, 0.05) is 28.9 Å². The Hall–Kier alpha value is -1.96. The van der Waals surface area contributed by atoms with Crippen molar-refractivity contribution in [2.24, 2.45) is 5.41 Å². The second-order valence-corrected chi connectivity index (χ2v) is 6.51. The molecule has 108 valence electrons. The van der Waals surface area contributed by atoms with Gasteiger partial charge in [-0.2, -0.15) is 0 Å². The van der Waals surface area contributed by atoms with E-state index in [4.69, 9.17) is 0 Å². The fourth-order valence-corrected chi connectivity index (χ4v) is 3.15. The quantitative estimate of drug-likeness (QED) is 0.728. The molecule has 0 saturated heterocycles. The monoisotopic (exact) mass is 279 g/mol. The molecule has 0 spiro atoms. The van der Waals surface area contributed by atoms with Crippen LogP contribution in [0.1, 0.15) is 49.9 Å². The lowest BCUT2D eigenvalue weighted by atomic mass is 9.77. The number of hydrogen-bond acceptors (Lipinski definition) is 2. The number of nitrogens with zero attached hydrogens (tertiary/aromatic N) is 1. The van der Waals surface area contributed by atoms with Crippen molar-refractivity contribution in [3.05, 3.63) is 53.9 Å². The zero-order valence-electron chi connectivity index (χ0n) is 12.7. The highest BCUT2D eigenvalue weighted by atomic mass is 16.1. The molecule has 0 amide bonds. The van der Waals surface area contributed by atoms with E-state index in [0.717, 1.165) is 34.8 Å². The van der Waals surface area contributed by atoms with Gasteiger partial charge >= 0.3 is 0 Å². The summed E-state index contributed by atoms with van der Waals surface area (Å²) in [5, 5.41) is 2.14. The molecule has 1 aromatic heterocycles. The smallest absolute Gasteiger partial charge is 0.189 e. The van der Waals surface area contributed by atoms with Gasteiger partial charge in [-0.05, 0) is 42.2 Å². The number of benzene rings is 1. The zero-order chi connectivity index (χ0) is 14.9. The summed E-state index contributed by atoms with van der Waals surface area (Å²) < 4.78 is 0. The van der Waals surface area contributed by atoms with Gasteiger partial charge in [-0.3, -0.25) is 9.78 Å². The Morgan fingerprint density at radius 2 is 2.00 bits per heavy atom. The average Bonchev–Trinajstić information content (AvgIpc) is 2.66. The lowest BCUT2D eigenvalue weighted by molar-refractivity contribution is 0.100. The summed E-state index contributed by atoms with van der Waals surface area (Å²) in [6.45, 7) is 4.38. The van der Waals surface area contributed by atoms with Crippen molar-refractivity contribution in [3.8, 4) is 0 Å². The van der Waals surface area contributed by atoms with Crippen LogP contribution >= 0.6 is 0 Å². The van der Waals surface area contributed by atoms with E-state index in [9.17, 15) is 4.79 Å². The van der Waals surface area contributed by atoms with E-state index < -0.39 is 0 Å². The molecule has 0 saturated carbocycles. The van der Waals surface area contributed by atoms with Crippen molar-refractivity contribution in [2.45, 2.75) is 39.5 Å². The van der Waals surface area contributed by atoms with Gasteiger partial charge in [0.2, 0.25) is 0 Å². The van der Waals surface area contributed by atoms with E-state index in [2.05, 4.69) is 24.9 Å². The maximum absolute atomic E-state index is 12.9. The van der Waals surface area contributed by atoms with Crippen LogP contribution in [0.25, 0.3) is 10.8 Å². The number of carbonyl (C=O) groups is 1. The molecule has 1 aliphatic carbocycles. The molecule has 2 aromatic rings. The van der Waals surface area contributed by atoms with Gasteiger partial charge in [-0.15, -0.1) is 0 Å². The Labute approximate surface area is 125 Å². The van der Waals surface area contributed by atoms with E-state index in [-0.39, 0.29) is 11.2 Å². The molecule has 0 atom stereocenters. The average molecular weight is 279 g/mol. The standard InChI is InChI=1S/C19H21NO/c1-19(2)10-5-3-4-6-17(19)18(21)15-7-8-16-13-20-11-9-14(16)12-15/h6-9,11-13H,3-5,10H2,1-2H3. The summed E-state index contributed by atoms with van der Waals surface area (Å²) >= 11 is 0. The maximum Gasteiger partial charge on any atom is 0.189 e. The van der Waals surface area contributed by atoms with Crippen LogP contribution in [0.15, 0.2) is 48.3 Å². The number of fused-ring (bicyclic) bond motifs is 1. The third kappa shape index (κ3) is 2.76. The molecule has 21 heavy (non-hydrogen) atoms. The van der Waals surface area contributed by atoms with Crippen LogP contribution in [0.2, 0.25) is 0 Å². The molecule has 3 rings (SSSR count). The minimum Gasteiger partial charge on any atom is -0.289 e. The third-order valence-electron chi connectivity index (χ3n) is 4.48. The lowest BCUT2D eigenvalue weighted by Crippen LogP contribution is -2.21. The number of pyridine rings is 1. The first kappa shape index (κ1) is 14.0. The van der Waals surface area contributed by atoms with Crippen molar-refractivity contribution in [1.82, 2.24) is 4.98 Å². The van der Waals surface area contributed by atoms with Gasteiger partial charge in [0.25, 0.3) is 0 Å². The SMILES string of the molecule is CC1(C)CCCCC=C1C(=O)c1ccc2cnccc2c1. The van der Waals surface area contributed by atoms with Crippen molar-refractivity contribution in [2.75, 3.05) is 0 Å². The predicted octanol–water partition coefficient (Wildman–Crippen LogP) is 4.94. The van der Waals surface area contributed by atoms with Crippen LogP contribution in [0.3, 0.4) is 0 Å². The predicted molar refractivity (Wildman–Crippen MR) is 86.4 cm³/mol. The molecule has 1 aromatic carbocycles. The number of ketones is 1. The molecule has 0 aliphatic heterocycles. The largest absolute Gasteiger partial charge is 0.289 e. The zero-order valence-corrected chi connectivity index (χ0v) is 12.7. The van der Waals surface area contributed by atoms with E-state index in [1.165, 1.54) is 12.8 Å². The molecule has 1 aliphatic rings. The summed E-state index contributed by atoms with van der Waals surface area (Å²) in [6, 6.07) is 7.86. The molecule has 0 N–H and O–H groups in total. The Morgan fingerprint density at radius 1 is 1.14 bits per heavy atom. The van der Waals surface area contributed by atoms with Crippen molar-refractivity contribution in [3.63, 3.8) is 0 Å². The van der Waals surface area contributed by atoms with Gasteiger partial charge in [0.15, 0.2) is 5.78 Å². The second kappa shape index (κ2) is 5.44. The number of carbonyl (C=O) groups excluding carboxylic acids is 1. The lowest BCUT2D eigenvalue weighted by Gasteiger charge is -2.26.